The van der Waals surface area contributed by atoms with Crippen molar-refractivity contribution in [3.8, 4) is 5.75 Å². The highest BCUT2D eigenvalue weighted by Crippen LogP contribution is 2.24. The van der Waals surface area contributed by atoms with Crippen LogP contribution in [0.5, 0.6) is 5.75 Å². The van der Waals surface area contributed by atoms with Crippen molar-refractivity contribution in [2.24, 2.45) is 0 Å². The molecule has 0 amide bonds. The van der Waals surface area contributed by atoms with Crippen LogP contribution >= 0.6 is 11.6 Å². The fourth-order valence-corrected chi connectivity index (χ4v) is 3.86. The van der Waals surface area contributed by atoms with Crippen LogP contribution in [0.15, 0.2) is 54.9 Å². The van der Waals surface area contributed by atoms with E-state index in [-0.39, 0.29) is 0 Å². The monoisotopic (exact) mass is 449 g/mol. The molecule has 4 aromatic rings. The molecule has 162 valence electrons. The molecule has 0 radical (unpaired) electrons. The van der Waals surface area contributed by atoms with Crippen LogP contribution in [0.1, 0.15) is 17.7 Å². The Balaban J connectivity index is 1.11. The molecule has 2 N–H and O–H groups in total. The molecule has 1 aliphatic rings. The summed E-state index contributed by atoms with van der Waals surface area (Å²) in [4.78, 5) is 4.36. The Morgan fingerprint density at radius 1 is 1.22 bits per heavy atom. The molecule has 5 rings (SSSR count). The minimum atomic E-state index is -0.883. The average Bonchev–Trinajstić information content (AvgIpc) is 3.41. The zero-order chi connectivity index (χ0) is 21.9. The zero-order valence-electron chi connectivity index (χ0n) is 17.2. The van der Waals surface area contributed by atoms with Gasteiger partial charge < -0.3 is 19.7 Å². The van der Waals surface area contributed by atoms with Crippen molar-refractivity contribution >= 4 is 40.8 Å². The first-order valence-corrected chi connectivity index (χ1v) is 10.8. The van der Waals surface area contributed by atoms with Crippen molar-refractivity contribution < 1.29 is 14.4 Å². The molecule has 0 saturated carbocycles. The van der Waals surface area contributed by atoms with Crippen LogP contribution in [-0.2, 0) is 24.4 Å². The molecule has 0 spiro atoms. The minimum Gasteiger partial charge on any atom is -0.487 e. The lowest BCUT2D eigenvalue weighted by molar-refractivity contribution is 0.275. The van der Waals surface area contributed by atoms with Crippen molar-refractivity contribution in [2.75, 3.05) is 11.9 Å². The first kappa shape index (κ1) is 20.8. The third-order valence-corrected chi connectivity index (χ3v) is 5.57. The number of halogens is 1. The molecule has 3 heterocycles. The van der Waals surface area contributed by atoms with E-state index in [0.29, 0.717) is 24.0 Å². The number of fused-ring (bicyclic) bond motifs is 2. The minimum absolute atomic E-state index is 0.305. The highest BCUT2D eigenvalue weighted by atomic mass is 35.5. The fraction of sp³-hybridized carbons (Fsp3) is 0.227. The van der Waals surface area contributed by atoms with Gasteiger partial charge in [-0.1, -0.05) is 22.9 Å². The SMILES string of the molecule is OB1OCc2ccc(OCc3cn(CCCNc4ccnc5cc(Cl)ccc45)nn3)cc21. The molecule has 0 aliphatic carbocycles. The van der Waals surface area contributed by atoms with Crippen molar-refractivity contribution in [3.05, 3.63) is 71.1 Å². The van der Waals surface area contributed by atoms with Gasteiger partial charge in [-0.2, -0.15) is 0 Å². The summed E-state index contributed by atoms with van der Waals surface area (Å²) in [5, 5.41) is 23.3. The lowest BCUT2D eigenvalue weighted by Crippen LogP contribution is -2.27. The lowest BCUT2D eigenvalue weighted by atomic mass is 9.79. The highest BCUT2D eigenvalue weighted by Gasteiger charge is 2.27. The first-order chi connectivity index (χ1) is 15.7. The number of ether oxygens (including phenoxy) is 1. The summed E-state index contributed by atoms with van der Waals surface area (Å²) in [6.45, 7) is 2.25. The summed E-state index contributed by atoms with van der Waals surface area (Å²) in [7, 11) is -0.883. The number of nitrogens with zero attached hydrogens (tertiary/aromatic N) is 4. The van der Waals surface area contributed by atoms with Crippen LogP contribution in [0, 0.1) is 0 Å². The number of rotatable bonds is 8. The number of pyridine rings is 1. The van der Waals surface area contributed by atoms with Crippen molar-refractivity contribution in [2.45, 2.75) is 26.2 Å². The molecule has 0 saturated heterocycles. The highest BCUT2D eigenvalue weighted by molar-refractivity contribution is 6.61. The third kappa shape index (κ3) is 4.55. The Morgan fingerprint density at radius 3 is 3.09 bits per heavy atom. The summed E-state index contributed by atoms with van der Waals surface area (Å²) in [5.74, 6) is 0.665. The van der Waals surface area contributed by atoms with Crippen LogP contribution in [0.4, 0.5) is 5.69 Å². The van der Waals surface area contributed by atoms with Crippen molar-refractivity contribution in [1.82, 2.24) is 20.0 Å². The second-order valence-corrected chi connectivity index (χ2v) is 8.02. The Hall–Kier alpha value is -3.14. The predicted molar refractivity (Wildman–Crippen MR) is 123 cm³/mol. The molecule has 8 nitrogen and oxygen atoms in total. The van der Waals surface area contributed by atoms with Gasteiger partial charge in [-0.3, -0.25) is 9.67 Å². The van der Waals surface area contributed by atoms with Crippen molar-refractivity contribution in [1.29, 1.82) is 0 Å². The number of aromatic nitrogens is 4. The number of benzene rings is 2. The first-order valence-electron chi connectivity index (χ1n) is 10.4. The van der Waals surface area contributed by atoms with Gasteiger partial charge in [0.1, 0.15) is 18.1 Å². The zero-order valence-corrected chi connectivity index (χ0v) is 18.0. The predicted octanol–water partition coefficient (Wildman–Crippen LogP) is 2.78. The number of hydrogen-bond donors (Lipinski definition) is 2. The quantitative estimate of drug-likeness (QED) is 0.315. The molecular weight excluding hydrogens is 429 g/mol. The van der Waals surface area contributed by atoms with Crippen LogP contribution in [0.2, 0.25) is 5.02 Å². The van der Waals surface area contributed by atoms with Crippen LogP contribution in [-0.4, -0.2) is 38.7 Å². The summed E-state index contributed by atoms with van der Waals surface area (Å²) in [6, 6.07) is 13.3. The largest absolute Gasteiger partial charge is 0.491 e. The third-order valence-electron chi connectivity index (χ3n) is 5.34. The van der Waals surface area contributed by atoms with Gasteiger partial charge in [-0.05, 0) is 53.8 Å². The van der Waals surface area contributed by atoms with Gasteiger partial charge in [0.2, 0.25) is 0 Å². The van der Waals surface area contributed by atoms with Gasteiger partial charge >= 0.3 is 7.12 Å². The molecule has 10 heteroatoms. The summed E-state index contributed by atoms with van der Waals surface area (Å²) < 4.78 is 12.8. The van der Waals surface area contributed by atoms with E-state index in [9.17, 15) is 5.02 Å². The van der Waals surface area contributed by atoms with E-state index in [0.717, 1.165) is 52.8 Å². The standard InChI is InChI=1S/C22H21BClN5O3/c24-16-3-5-19-21(6-8-26-22(19)10-16)25-7-1-9-29-12-17(27-28-29)14-31-18-4-2-15-13-32-23(30)20(15)11-18/h2-6,8,10-12,30H,1,7,9,13-14H2,(H,25,26). The Labute approximate surface area is 190 Å². The average molecular weight is 450 g/mol. The Kier molecular flexibility index (Phi) is 5.94. The molecular formula is C22H21BClN5O3. The fourth-order valence-electron chi connectivity index (χ4n) is 3.69. The van der Waals surface area contributed by atoms with Gasteiger partial charge in [0.25, 0.3) is 0 Å². The molecule has 32 heavy (non-hydrogen) atoms. The van der Waals surface area contributed by atoms with E-state index >= 15 is 0 Å². The van der Waals surface area contributed by atoms with E-state index in [1.807, 2.05) is 47.3 Å². The normalized spacial score (nSPS) is 12.9. The Bertz CT molecular complexity index is 1250. The van der Waals surface area contributed by atoms with Gasteiger partial charge in [-0.25, -0.2) is 0 Å². The maximum atomic E-state index is 9.82. The molecule has 1 aliphatic heterocycles. The van der Waals surface area contributed by atoms with E-state index in [2.05, 4.69) is 20.6 Å². The second kappa shape index (κ2) is 9.16. The molecule has 0 atom stereocenters. The number of aryl methyl sites for hydroxylation is 1. The Morgan fingerprint density at radius 2 is 2.16 bits per heavy atom. The van der Waals surface area contributed by atoms with Gasteiger partial charge in [0.15, 0.2) is 0 Å². The molecule has 2 aromatic heterocycles. The summed E-state index contributed by atoms with van der Waals surface area (Å²) in [5.41, 5.74) is 4.38. The number of hydrogen-bond acceptors (Lipinski definition) is 7. The maximum absolute atomic E-state index is 9.82. The van der Waals surface area contributed by atoms with Crippen LogP contribution < -0.4 is 15.5 Å². The molecule has 2 aromatic carbocycles. The molecule has 0 bridgehead atoms. The summed E-state index contributed by atoms with van der Waals surface area (Å²) in [6.07, 6.45) is 4.54. The second-order valence-electron chi connectivity index (χ2n) is 7.59. The van der Waals surface area contributed by atoms with E-state index in [1.54, 1.807) is 12.3 Å². The molecule has 0 unspecified atom stereocenters. The van der Waals surface area contributed by atoms with Crippen molar-refractivity contribution in [3.63, 3.8) is 0 Å². The lowest BCUT2D eigenvalue weighted by Gasteiger charge is -2.09. The van der Waals surface area contributed by atoms with Gasteiger partial charge in [0.05, 0.1) is 18.3 Å². The smallest absolute Gasteiger partial charge is 0.487 e. The number of nitrogens with one attached hydrogen (secondary N) is 1. The number of anilines is 1. The molecule has 0 fully saturated rings. The van der Waals surface area contributed by atoms with E-state index in [1.165, 1.54) is 0 Å². The van der Waals surface area contributed by atoms with E-state index < -0.39 is 7.12 Å². The van der Waals surface area contributed by atoms with Gasteiger partial charge in [-0.15, -0.1) is 5.10 Å². The van der Waals surface area contributed by atoms with E-state index in [4.69, 9.17) is 21.0 Å². The maximum Gasteiger partial charge on any atom is 0.491 e. The van der Waals surface area contributed by atoms with Crippen LogP contribution in [0.3, 0.4) is 0 Å². The topological polar surface area (TPSA) is 94.3 Å². The summed E-state index contributed by atoms with van der Waals surface area (Å²) >= 11 is 6.05. The van der Waals surface area contributed by atoms with Crippen LogP contribution in [0.25, 0.3) is 10.9 Å². The van der Waals surface area contributed by atoms with Gasteiger partial charge in [0, 0.05) is 35.4 Å².